The summed E-state index contributed by atoms with van der Waals surface area (Å²) in [6.45, 7) is 6.59. The first-order valence-electron chi connectivity index (χ1n) is 15.2. The van der Waals surface area contributed by atoms with Gasteiger partial charge in [0.15, 0.2) is 5.82 Å². The molecule has 218 valence electrons. The zero-order chi connectivity index (χ0) is 30.8. The van der Waals surface area contributed by atoms with Gasteiger partial charge in [0.05, 0.1) is 11.4 Å². The number of hydrogen-bond donors (Lipinski definition) is 0. The molecule has 0 bridgehead atoms. The van der Waals surface area contributed by atoms with Crippen molar-refractivity contribution in [2.75, 3.05) is 0 Å². The summed E-state index contributed by atoms with van der Waals surface area (Å²) >= 11 is 0. The number of benzene rings is 5. The maximum Gasteiger partial charge on any atom is 0.161 e. The normalized spacial score (nSPS) is 12.0. The fraction of sp³-hybridized carbons (Fsp3) is 0.0244. The van der Waals surface area contributed by atoms with Gasteiger partial charge in [-0.05, 0) is 49.4 Å². The van der Waals surface area contributed by atoms with Gasteiger partial charge < -0.3 is 13.3 Å². The summed E-state index contributed by atoms with van der Waals surface area (Å²) in [5.74, 6) is 1.32. The summed E-state index contributed by atoms with van der Waals surface area (Å²) < 4.78 is 18.8. The number of nitrogens with zero attached hydrogens (tertiary/aromatic N) is 2. The standard InChI is InChI=1S/C41H26N2O3/c1-3-12-35-38(26-13-4-7-18-32(26)44-35)24(2)30-23-31(25-16-10-21-36-39(25)27-14-5-8-19-33(27)45-36)43-41(42-30)29-17-11-22-37-40(29)28-15-6-9-20-34(28)46-37/h3-23H,2H2,1H3/b12-3-. The number of allylic oxidation sites excluding steroid dienone is 1. The van der Waals surface area contributed by atoms with Gasteiger partial charge in [-0.3, -0.25) is 0 Å². The highest BCUT2D eigenvalue weighted by atomic mass is 16.3. The Hall–Kier alpha value is -6.20. The van der Waals surface area contributed by atoms with Crippen molar-refractivity contribution in [3.63, 3.8) is 0 Å². The molecule has 9 aromatic rings. The van der Waals surface area contributed by atoms with Crippen LogP contribution in [-0.4, -0.2) is 9.97 Å². The Morgan fingerprint density at radius 2 is 1.13 bits per heavy atom. The van der Waals surface area contributed by atoms with Gasteiger partial charge in [-0.15, -0.1) is 0 Å². The highest BCUT2D eigenvalue weighted by molar-refractivity contribution is 6.13. The summed E-state index contributed by atoms with van der Waals surface area (Å²) in [7, 11) is 0. The van der Waals surface area contributed by atoms with E-state index in [1.54, 1.807) is 0 Å². The monoisotopic (exact) mass is 594 g/mol. The van der Waals surface area contributed by atoms with Crippen LogP contribution >= 0.6 is 0 Å². The van der Waals surface area contributed by atoms with E-state index in [1.807, 2.05) is 104 Å². The molecule has 0 atom stereocenters. The van der Waals surface area contributed by atoms with Crippen LogP contribution in [0.2, 0.25) is 0 Å². The van der Waals surface area contributed by atoms with Gasteiger partial charge in [0.1, 0.15) is 33.7 Å². The van der Waals surface area contributed by atoms with Gasteiger partial charge in [0.25, 0.3) is 0 Å². The van der Waals surface area contributed by atoms with E-state index in [0.29, 0.717) is 11.5 Å². The first-order valence-corrected chi connectivity index (χ1v) is 15.2. The van der Waals surface area contributed by atoms with Crippen LogP contribution in [0, 0.1) is 0 Å². The third-order valence-corrected chi connectivity index (χ3v) is 8.60. The molecular formula is C41H26N2O3. The van der Waals surface area contributed by atoms with Crippen LogP contribution in [0.5, 0.6) is 0 Å². The third kappa shape index (κ3) is 3.95. The highest BCUT2D eigenvalue weighted by Crippen LogP contribution is 2.41. The Bertz CT molecular complexity index is 2550. The first-order chi connectivity index (χ1) is 22.7. The van der Waals surface area contributed by atoms with Gasteiger partial charge in [0.2, 0.25) is 0 Å². The van der Waals surface area contributed by atoms with E-state index in [4.69, 9.17) is 23.2 Å². The number of furan rings is 3. The number of rotatable bonds is 5. The summed E-state index contributed by atoms with van der Waals surface area (Å²) in [6.07, 6.45) is 3.95. The molecular weight excluding hydrogens is 568 g/mol. The molecule has 5 nitrogen and oxygen atoms in total. The zero-order valence-electron chi connectivity index (χ0n) is 25.0. The maximum absolute atomic E-state index is 6.29. The Morgan fingerprint density at radius 3 is 1.78 bits per heavy atom. The van der Waals surface area contributed by atoms with Crippen LogP contribution < -0.4 is 0 Å². The van der Waals surface area contributed by atoms with Gasteiger partial charge in [0, 0.05) is 49.2 Å². The second kappa shape index (κ2) is 10.2. The fourth-order valence-electron chi connectivity index (χ4n) is 6.58. The van der Waals surface area contributed by atoms with Crippen molar-refractivity contribution < 1.29 is 13.3 Å². The van der Waals surface area contributed by atoms with E-state index in [9.17, 15) is 0 Å². The lowest BCUT2D eigenvalue weighted by Gasteiger charge is -2.12. The molecule has 46 heavy (non-hydrogen) atoms. The molecule has 0 saturated carbocycles. The second-order valence-corrected chi connectivity index (χ2v) is 11.3. The maximum atomic E-state index is 6.29. The molecule has 0 spiro atoms. The first kappa shape index (κ1) is 26.2. The second-order valence-electron chi connectivity index (χ2n) is 11.3. The number of hydrogen-bond acceptors (Lipinski definition) is 5. The van der Waals surface area contributed by atoms with Crippen LogP contribution in [-0.2, 0) is 0 Å². The van der Waals surface area contributed by atoms with Crippen LogP contribution in [0.1, 0.15) is 23.9 Å². The molecule has 9 rings (SSSR count). The molecule has 0 fully saturated rings. The lowest BCUT2D eigenvalue weighted by Crippen LogP contribution is -2.00. The Kier molecular flexibility index (Phi) is 5.80. The fourth-order valence-corrected chi connectivity index (χ4v) is 6.58. The van der Waals surface area contributed by atoms with Crippen LogP contribution in [0.3, 0.4) is 0 Å². The van der Waals surface area contributed by atoms with Crippen molar-refractivity contribution in [1.82, 2.24) is 9.97 Å². The lowest BCUT2D eigenvalue weighted by atomic mass is 9.97. The Morgan fingerprint density at radius 1 is 0.587 bits per heavy atom. The molecule has 0 radical (unpaired) electrons. The number of fused-ring (bicyclic) bond motifs is 7. The number of aromatic nitrogens is 2. The quantitative estimate of drug-likeness (QED) is 0.198. The molecule has 4 heterocycles. The van der Waals surface area contributed by atoms with Crippen molar-refractivity contribution in [1.29, 1.82) is 0 Å². The molecule has 0 N–H and O–H groups in total. The zero-order valence-corrected chi connectivity index (χ0v) is 25.0. The molecule has 0 unspecified atom stereocenters. The van der Waals surface area contributed by atoms with Crippen molar-refractivity contribution in [3.8, 4) is 22.6 Å². The van der Waals surface area contributed by atoms with E-state index in [0.717, 1.165) is 88.6 Å². The van der Waals surface area contributed by atoms with E-state index in [1.165, 1.54) is 0 Å². The van der Waals surface area contributed by atoms with Crippen LogP contribution in [0.15, 0.2) is 141 Å². The van der Waals surface area contributed by atoms with Gasteiger partial charge in [-0.1, -0.05) is 91.5 Å². The smallest absolute Gasteiger partial charge is 0.161 e. The van der Waals surface area contributed by atoms with E-state index in [2.05, 4.69) is 36.9 Å². The minimum Gasteiger partial charge on any atom is -0.456 e. The summed E-state index contributed by atoms with van der Waals surface area (Å²) in [5.41, 5.74) is 9.00. The SMILES string of the molecule is C=C(c1cc(-c2cccc3oc4ccccc4c23)nc(-c2cccc3oc4ccccc4c23)n1)c1c(/C=C\C)oc2ccccc12. The van der Waals surface area contributed by atoms with Crippen molar-refractivity contribution in [2.45, 2.75) is 6.92 Å². The molecule has 0 saturated heterocycles. The van der Waals surface area contributed by atoms with Crippen molar-refractivity contribution in [2.24, 2.45) is 0 Å². The molecule has 0 aliphatic heterocycles. The van der Waals surface area contributed by atoms with E-state index in [-0.39, 0.29) is 0 Å². The summed E-state index contributed by atoms with van der Waals surface area (Å²) in [4.78, 5) is 10.5. The van der Waals surface area contributed by atoms with Gasteiger partial charge >= 0.3 is 0 Å². The molecule has 0 aliphatic rings. The number of para-hydroxylation sites is 3. The predicted octanol–water partition coefficient (Wildman–Crippen LogP) is 11.5. The Balaban J connectivity index is 1.35. The van der Waals surface area contributed by atoms with Gasteiger partial charge in [-0.25, -0.2) is 9.97 Å². The van der Waals surface area contributed by atoms with Crippen molar-refractivity contribution >= 4 is 66.5 Å². The summed E-state index contributed by atoms with van der Waals surface area (Å²) in [6, 6.07) is 38.4. The minimum absolute atomic E-state index is 0.580. The van der Waals surface area contributed by atoms with Gasteiger partial charge in [-0.2, -0.15) is 0 Å². The minimum atomic E-state index is 0.580. The van der Waals surface area contributed by atoms with Crippen LogP contribution in [0.25, 0.3) is 89.1 Å². The largest absolute Gasteiger partial charge is 0.456 e. The average Bonchev–Trinajstić information content (AvgIpc) is 3.78. The topological polar surface area (TPSA) is 65.2 Å². The average molecular weight is 595 g/mol. The predicted molar refractivity (Wildman–Crippen MR) is 187 cm³/mol. The lowest BCUT2D eigenvalue weighted by molar-refractivity contribution is 0.603. The summed E-state index contributed by atoms with van der Waals surface area (Å²) in [5, 5.41) is 5.01. The molecule has 5 heteroatoms. The highest BCUT2D eigenvalue weighted by Gasteiger charge is 2.22. The van der Waals surface area contributed by atoms with Crippen molar-refractivity contribution in [3.05, 3.63) is 145 Å². The molecule has 5 aromatic carbocycles. The van der Waals surface area contributed by atoms with E-state index < -0.39 is 0 Å². The molecule has 0 amide bonds. The third-order valence-electron chi connectivity index (χ3n) is 8.60. The molecule has 0 aliphatic carbocycles. The Labute approximate surface area is 263 Å². The molecule has 4 aromatic heterocycles. The van der Waals surface area contributed by atoms with E-state index >= 15 is 0 Å². The van der Waals surface area contributed by atoms with Crippen LogP contribution in [0.4, 0.5) is 0 Å².